The van der Waals surface area contributed by atoms with Gasteiger partial charge >= 0.3 is 12.8 Å². The zero-order valence-electron chi connectivity index (χ0n) is 14.4. The van der Waals surface area contributed by atoms with Crippen LogP contribution in [0.1, 0.15) is 16.7 Å². The predicted octanol–water partition coefficient (Wildman–Crippen LogP) is 4.19. The van der Waals surface area contributed by atoms with Gasteiger partial charge in [-0.3, -0.25) is 0 Å². The second-order valence-electron chi connectivity index (χ2n) is 5.87. The fourth-order valence-corrected chi connectivity index (χ4v) is 2.59. The highest BCUT2D eigenvalue weighted by Crippen LogP contribution is 2.30. The first kappa shape index (κ1) is 19.9. The second kappa shape index (κ2) is 8.42. The molecule has 3 rings (SSSR count). The van der Waals surface area contributed by atoms with Gasteiger partial charge in [-0.25, -0.2) is 0 Å². The van der Waals surface area contributed by atoms with Crippen molar-refractivity contribution in [1.29, 1.82) is 0 Å². The third kappa shape index (κ3) is 5.10. The quantitative estimate of drug-likeness (QED) is 0.560. The van der Waals surface area contributed by atoms with E-state index in [9.17, 15) is 22.0 Å². The summed E-state index contributed by atoms with van der Waals surface area (Å²) in [7, 11) is 0. The molecule has 0 unspecified atom stereocenters. The minimum Gasteiger partial charge on any atom is -0.321 e. The molecule has 10 heteroatoms. The number of nitrogens with zero attached hydrogens (tertiary/aromatic N) is 4. The number of benzene rings is 2. The second-order valence-corrected chi connectivity index (χ2v) is 5.87. The van der Waals surface area contributed by atoms with Gasteiger partial charge in [0, 0.05) is 5.56 Å². The number of ether oxygens (including phenoxy) is 1. The van der Waals surface area contributed by atoms with Crippen molar-refractivity contribution < 1.29 is 26.7 Å². The van der Waals surface area contributed by atoms with Gasteiger partial charge in [0.15, 0.2) is 0 Å². The minimum absolute atomic E-state index is 0.0123. The number of alkyl halides is 5. The molecule has 0 spiro atoms. The Morgan fingerprint density at radius 3 is 2.39 bits per heavy atom. The molecule has 1 aromatic heterocycles. The molecule has 2 aromatic carbocycles. The van der Waals surface area contributed by atoms with Gasteiger partial charge < -0.3 is 4.74 Å². The maximum Gasteiger partial charge on any atom is 0.416 e. The van der Waals surface area contributed by atoms with Gasteiger partial charge in [0.2, 0.25) is 5.82 Å². The largest absolute Gasteiger partial charge is 0.416 e. The van der Waals surface area contributed by atoms with E-state index >= 15 is 0 Å². The van der Waals surface area contributed by atoms with Gasteiger partial charge in [-0.1, -0.05) is 36.4 Å². The van der Waals surface area contributed by atoms with E-state index in [-0.39, 0.29) is 13.2 Å². The molecule has 28 heavy (non-hydrogen) atoms. The summed E-state index contributed by atoms with van der Waals surface area (Å²) in [6, 6.07) is 12.1. The smallest absolute Gasteiger partial charge is 0.321 e. The Kier molecular flexibility index (Phi) is 5.98. The summed E-state index contributed by atoms with van der Waals surface area (Å²) >= 11 is 0. The van der Waals surface area contributed by atoms with Crippen molar-refractivity contribution >= 4 is 0 Å². The standard InChI is InChI=1S/C18H15F5N4O/c19-17(20)28-10-9-27-25-16(24-26-27)15-4-2-1-3-13(15)11-12-5-7-14(8-6-12)18(21,22)23/h1-8,17H,9-11H2. The third-order valence-electron chi connectivity index (χ3n) is 3.92. The van der Waals surface area contributed by atoms with Crippen LogP contribution >= 0.6 is 0 Å². The summed E-state index contributed by atoms with van der Waals surface area (Å²) in [6.45, 7) is -3.12. The van der Waals surface area contributed by atoms with Crippen molar-refractivity contribution in [3.8, 4) is 11.4 Å². The van der Waals surface area contributed by atoms with E-state index in [4.69, 9.17) is 0 Å². The summed E-state index contributed by atoms with van der Waals surface area (Å²) in [4.78, 5) is 1.15. The fraction of sp³-hybridized carbons (Fsp3) is 0.278. The van der Waals surface area contributed by atoms with E-state index in [0.29, 0.717) is 23.4 Å². The average molecular weight is 398 g/mol. The van der Waals surface area contributed by atoms with Crippen LogP contribution in [-0.2, 0) is 23.9 Å². The number of tetrazole rings is 1. The summed E-state index contributed by atoms with van der Waals surface area (Å²) in [6.07, 6.45) is -4.01. The van der Waals surface area contributed by atoms with Crippen molar-refractivity contribution in [2.24, 2.45) is 0 Å². The van der Waals surface area contributed by atoms with Crippen LogP contribution in [0.15, 0.2) is 48.5 Å². The van der Waals surface area contributed by atoms with E-state index in [1.807, 2.05) is 6.07 Å². The highest BCUT2D eigenvalue weighted by atomic mass is 19.4. The van der Waals surface area contributed by atoms with E-state index < -0.39 is 18.4 Å². The van der Waals surface area contributed by atoms with Crippen LogP contribution in [-0.4, -0.2) is 33.4 Å². The average Bonchev–Trinajstić information content (AvgIpc) is 3.10. The van der Waals surface area contributed by atoms with E-state index in [0.717, 1.165) is 22.5 Å². The van der Waals surface area contributed by atoms with Crippen molar-refractivity contribution in [1.82, 2.24) is 20.2 Å². The van der Waals surface area contributed by atoms with E-state index in [2.05, 4.69) is 20.1 Å². The van der Waals surface area contributed by atoms with Crippen LogP contribution in [0.5, 0.6) is 0 Å². The van der Waals surface area contributed by atoms with Gasteiger partial charge in [-0.2, -0.15) is 26.7 Å². The number of hydrogen-bond acceptors (Lipinski definition) is 4. The van der Waals surface area contributed by atoms with Crippen LogP contribution in [0, 0.1) is 0 Å². The molecule has 0 radical (unpaired) electrons. The molecule has 0 fully saturated rings. The molecule has 0 aliphatic rings. The van der Waals surface area contributed by atoms with Gasteiger partial charge in [0.25, 0.3) is 0 Å². The van der Waals surface area contributed by atoms with Gasteiger partial charge in [0.1, 0.15) is 0 Å². The highest BCUT2D eigenvalue weighted by molar-refractivity contribution is 5.60. The van der Waals surface area contributed by atoms with Crippen LogP contribution in [0.4, 0.5) is 22.0 Å². The molecule has 0 N–H and O–H groups in total. The van der Waals surface area contributed by atoms with Crippen molar-refractivity contribution in [2.75, 3.05) is 6.61 Å². The molecule has 0 amide bonds. The van der Waals surface area contributed by atoms with Gasteiger partial charge in [-0.15, -0.1) is 10.2 Å². The lowest BCUT2D eigenvalue weighted by molar-refractivity contribution is -0.137. The molecule has 0 saturated carbocycles. The SMILES string of the molecule is FC(F)OCCn1nnc(-c2ccccc2Cc2ccc(C(F)(F)F)cc2)n1. The lowest BCUT2D eigenvalue weighted by Gasteiger charge is -2.09. The Hall–Kier alpha value is -2.88. The van der Waals surface area contributed by atoms with Crippen LogP contribution in [0.3, 0.4) is 0 Å². The normalized spacial score (nSPS) is 11.9. The van der Waals surface area contributed by atoms with Gasteiger partial charge in [-0.05, 0) is 34.9 Å². The lowest BCUT2D eigenvalue weighted by atomic mass is 9.98. The molecule has 0 aliphatic carbocycles. The summed E-state index contributed by atoms with van der Waals surface area (Å²) in [5, 5.41) is 11.9. The Balaban J connectivity index is 1.76. The molecule has 1 heterocycles. The molecular formula is C18H15F5N4O. The van der Waals surface area contributed by atoms with Crippen LogP contribution in [0.25, 0.3) is 11.4 Å². The van der Waals surface area contributed by atoms with E-state index in [1.165, 1.54) is 12.1 Å². The molecule has 5 nitrogen and oxygen atoms in total. The minimum atomic E-state index is -4.38. The molecule has 148 valence electrons. The molecule has 0 bridgehead atoms. The number of hydrogen-bond donors (Lipinski definition) is 0. The molecule has 0 saturated heterocycles. The first-order chi connectivity index (χ1) is 13.3. The van der Waals surface area contributed by atoms with Crippen LogP contribution in [0.2, 0.25) is 0 Å². The maximum atomic E-state index is 12.7. The van der Waals surface area contributed by atoms with Crippen molar-refractivity contribution in [3.05, 3.63) is 65.2 Å². The highest BCUT2D eigenvalue weighted by Gasteiger charge is 2.29. The van der Waals surface area contributed by atoms with Crippen molar-refractivity contribution in [2.45, 2.75) is 25.8 Å². The maximum absolute atomic E-state index is 12.7. The first-order valence-corrected chi connectivity index (χ1v) is 8.25. The zero-order valence-corrected chi connectivity index (χ0v) is 14.4. The monoisotopic (exact) mass is 398 g/mol. The Labute approximate surface area is 156 Å². The lowest BCUT2D eigenvalue weighted by Crippen LogP contribution is -2.11. The molecule has 0 aliphatic heterocycles. The fourth-order valence-electron chi connectivity index (χ4n) is 2.59. The Morgan fingerprint density at radius 1 is 1.00 bits per heavy atom. The van der Waals surface area contributed by atoms with Crippen molar-refractivity contribution in [3.63, 3.8) is 0 Å². The predicted molar refractivity (Wildman–Crippen MR) is 89.5 cm³/mol. The number of rotatable bonds is 7. The van der Waals surface area contributed by atoms with Gasteiger partial charge in [0.05, 0.1) is 18.7 Å². The Bertz CT molecular complexity index is 909. The summed E-state index contributed by atoms with van der Waals surface area (Å²) in [5.41, 5.74) is 1.44. The third-order valence-corrected chi connectivity index (χ3v) is 3.92. The molecule has 0 atom stereocenters. The topological polar surface area (TPSA) is 52.8 Å². The summed E-state index contributed by atoms with van der Waals surface area (Å²) in [5.74, 6) is 0.291. The number of halogens is 5. The van der Waals surface area contributed by atoms with Crippen LogP contribution < -0.4 is 0 Å². The molecule has 3 aromatic rings. The summed E-state index contributed by atoms with van der Waals surface area (Å²) < 4.78 is 66.2. The zero-order chi connectivity index (χ0) is 20.1. The van der Waals surface area contributed by atoms with E-state index in [1.54, 1.807) is 18.2 Å². The number of aromatic nitrogens is 4. The Morgan fingerprint density at radius 2 is 1.71 bits per heavy atom. The molecular weight excluding hydrogens is 383 g/mol. The first-order valence-electron chi connectivity index (χ1n) is 8.25.